The average molecular weight is 327 g/mol. The van der Waals surface area contributed by atoms with E-state index >= 15 is 0 Å². The molecule has 0 radical (unpaired) electrons. The molecule has 0 aliphatic rings. The zero-order valence-corrected chi connectivity index (χ0v) is 11.8. The molecule has 1 rings (SSSR count). The highest BCUT2D eigenvalue weighted by atomic mass is 79.9. The van der Waals surface area contributed by atoms with Crippen molar-refractivity contribution in [3.63, 3.8) is 0 Å². The van der Waals surface area contributed by atoms with E-state index in [4.69, 9.17) is 10.00 Å². The predicted octanol–water partition coefficient (Wildman–Crippen LogP) is 2.47. The zero-order chi connectivity index (χ0) is 14.4. The van der Waals surface area contributed by atoms with Gasteiger partial charge in [-0.25, -0.2) is 0 Å². The molecular weight excluding hydrogens is 316 g/mol. The van der Waals surface area contributed by atoms with Gasteiger partial charge < -0.3 is 4.74 Å². The van der Waals surface area contributed by atoms with Crippen LogP contribution < -0.4 is 0 Å². The van der Waals surface area contributed by atoms with Gasteiger partial charge in [0.2, 0.25) is 0 Å². The number of carbonyl (C=O) groups is 1. The summed E-state index contributed by atoms with van der Waals surface area (Å²) in [6.07, 6.45) is -0.153. The van der Waals surface area contributed by atoms with E-state index in [0.29, 0.717) is 16.5 Å². The normalized spacial score (nSPS) is 9.74. The quantitative estimate of drug-likeness (QED) is 0.358. The van der Waals surface area contributed by atoms with Gasteiger partial charge in [0.1, 0.15) is 11.6 Å². The van der Waals surface area contributed by atoms with Crippen molar-refractivity contribution in [2.45, 2.75) is 18.7 Å². The van der Waals surface area contributed by atoms with Crippen molar-refractivity contribution in [3.05, 3.63) is 38.9 Å². The van der Waals surface area contributed by atoms with Crippen LogP contribution in [0.15, 0.2) is 12.1 Å². The molecule has 19 heavy (non-hydrogen) atoms. The van der Waals surface area contributed by atoms with Crippen LogP contribution in [0.2, 0.25) is 0 Å². The Kier molecular flexibility index (Phi) is 5.45. The number of nitro groups is 1. The highest BCUT2D eigenvalue weighted by Gasteiger charge is 2.22. The van der Waals surface area contributed by atoms with Crippen LogP contribution in [0.5, 0.6) is 0 Å². The monoisotopic (exact) mass is 326 g/mol. The molecule has 0 atom stereocenters. The fourth-order valence-electron chi connectivity index (χ4n) is 1.64. The van der Waals surface area contributed by atoms with Crippen molar-refractivity contribution in [1.82, 2.24) is 0 Å². The third-order valence-electron chi connectivity index (χ3n) is 2.47. The highest BCUT2D eigenvalue weighted by molar-refractivity contribution is 9.08. The first-order valence-electron chi connectivity index (χ1n) is 5.45. The summed E-state index contributed by atoms with van der Waals surface area (Å²) in [5, 5.41) is 20.4. The number of benzene rings is 1. The second kappa shape index (κ2) is 6.85. The van der Waals surface area contributed by atoms with E-state index in [1.807, 2.05) is 0 Å². The van der Waals surface area contributed by atoms with Crippen molar-refractivity contribution < 1.29 is 14.5 Å². The molecule has 0 saturated heterocycles. The second-order valence-corrected chi connectivity index (χ2v) is 4.14. The van der Waals surface area contributed by atoms with Crippen LogP contribution in [-0.4, -0.2) is 17.5 Å². The summed E-state index contributed by atoms with van der Waals surface area (Å²) in [5.41, 5.74) is 0.615. The molecule has 0 saturated carbocycles. The van der Waals surface area contributed by atoms with Crippen LogP contribution in [0.4, 0.5) is 5.69 Å². The number of nitro benzene ring substituents is 1. The van der Waals surface area contributed by atoms with E-state index in [9.17, 15) is 14.9 Å². The minimum atomic E-state index is -0.634. The molecule has 0 bridgehead atoms. The number of rotatable bonds is 5. The molecule has 0 N–H and O–H groups in total. The molecule has 1 aromatic carbocycles. The van der Waals surface area contributed by atoms with Gasteiger partial charge in [0.15, 0.2) is 0 Å². The van der Waals surface area contributed by atoms with E-state index in [1.54, 1.807) is 13.0 Å². The van der Waals surface area contributed by atoms with Crippen LogP contribution in [-0.2, 0) is 21.3 Å². The van der Waals surface area contributed by atoms with E-state index in [-0.39, 0.29) is 24.3 Å². The molecule has 0 spiro atoms. The maximum atomic E-state index is 11.5. The maximum absolute atomic E-state index is 11.5. The molecule has 0 unspecified atom stereocenters. The Labute approximate surface area is 118 Å². The third kappa shape index (κ3) is 3.51. The summed E-state index contributed by atoms with van der Waals surface area (Å²) in [4.78, 5) is 21.7. The first kappa shape index (κ1) is 15.1. The van der Waals surface area contributed by atoms with Crippen molar-refractivity contribution in [1.29, 1.82) is 5.26 Å². The van der Waals surface area contributed by atoms with Gasteiger partial charge in [0.25, 0.3) is 5.69 Å². The molecule has 0 aliphatic heterocycles. The summed E-state index contributed by atoms with van der Waals surface area (Å²) in [7, 11) is 0. The third-order valence-corrected chi connectivity index (χ3v) is 3.07. The number of hydrogen-bond acceptors (Lipinski definition) is 5. The fraction of sp³-hybridized carbons (Fsp3) is 0.333. The van der Waals surface area contributed by atoms with Crippen LogP contribution in [0, 0.1) is 21.4 Å². The Morgan fingerprint density at radius 3 is 2.74 bits per heavy atom. The Morgan fingerprint density at radius 2 is 2.26 bits per heavy atom. The number of halogens is 1. The lowest BCUT2D eigenvalue weighted by molar-refractivity contribution is -0.385. The summed E-state index contributed by atoms with van der Waals surface area (Å²) in [5.74, 6) is -0.512. The number of nitriles is 1. The lowest BCUT2D eigenvalue weighted by Gasteiger charge is -2.09. The van der Waals surface area contributed by atoms with Gasteiger partial charge in [-0.05, 0) is 18.1 Å². The molecular formula is C12H11BrN2O4. The van der Waals surface area contributed by atoms with E-state index < -0.39 is 10.9 Å². The Morgan fingerprint density at radius 1 is 1.58 bits per heavy atom. The zero-order valence-electron chi connectivity index (χ0n) is 10.2. The number of nitrogens with zero attached hydrogens (tertiary/aromatic N) is 2. The van der Waals surface area contributed by atoms with E-state index in [1.165, 1.54) is 12.1 Å². The first-order chi connectivity index (χ1) is 9.04. The molecule has 7 heteroatoms. The number of hydrogen-bond donors (Lipinski definition) is 0. The maximum Gasteiger partial charge on any atom is 0.310 e. The number of alkyl halides is 1. The van der Waals surface area contributed by atoms with Crippen molar-refractivity contribution in [3.8, 4) is 6.07 Å². The summed E-state index contributed by atoms with van der Waals surface area (Å²) >= 11 is 3.23. The van der Waals surface area contributed by atoms with Gasteiger partial charge in [0.05, 0.1) is 18.0 Å². The largest absolute Gasteiger partial charge is 0.466 e. The summed E-state index contributed by atoms with van der Waals surface area (Å²) in [6.45, 7) is 1.89. The standard InChI is InChI=1S/C12H11BrN2O4/c1-2-19-12(16)5-9-8(6-13)3-4-11(15(17)18)10(9)7-14/h3-4H,2,5-6H2,1H3. The predicted molar refractivity (Wildman–Crippen MR) is 70.8 cm³/mol. The lowest BCUT2D eigenvalue weighted by Crippen LogP contribution is -2.11. The Balaban J connectivity index is 3.32. The minimum absolute atomic E-state index is 0.0880. The molecule has 0 amide bonds. The molecule has 6 nitrogen and oxygen atoms in total. The molecule has 0 aliphatic carbocycles. The summed E-state index contributed by atoms with van der Waals surface area (Å²) < 4.78 is 4.81. The Hall–Kier alpha value is -1.94. The van der Waals surface area contributed by atoms with Crippen LogP contribution in [0.1, 0.15) is 23.6 Å². The van der Waals surface area contributed by atoms with Gasteiger partial charge in [-0.2, -0.15) is 5.26 Å². The van der Waals surface area contributed by atoms with Crippen molar-refractivity contribution in [2.75, 3.05) is 6.61 Å². The van der Waals surface area contributed by atoms with Crippen LogP contribution in [0.3, 0.4) is 0 Å². The van der Waals surface area contributed by atoms with E-state index in [2.05, 4.69) is 15.9 Å². The van der Waals surface area contributed by atoms with Gasteiger partial charge in [-0.1, -0.05) is 22.0 Å². The number of carbonyl (C=O) groups excluding carboxylic acids is 1. The average Bonchev–Trinajstić information content (AvgIpc) is 2.38. The van der Waals surface area contributed by atoms with Crippen LogP contribution in [0.25, 0.3) is 0 Å². The minimum Gasteiger partial charge on any atom is -0.466 e. The number of esters is 1. The molecule has 1 aromatic rings. The van der Waals surface area contributed by atoms with E-state index in [0.717, 1.165) is 0 Å². The van der Waals surface area contributed by atoms with Gasteiger partial charge in [-0.3, -0.25) is 14.9 Å². The summed E-state index contributed by atoms with van der Waals surface area (Å²) in [6, 6.07) is 4.60. The molecule has 100 valence electrons. The lowest BCUT2D eigenvalue weighted by atomic mass is 9.98. The van der Waals surface area contributed by atoms with Crippen molar-refractivity contribution in [2.24, 2.45) is 0 Å². The van der Waals surface area contributed by atoms with Crippen LogP contribution >= 0.6 is 15.9 Å². The second-order valence-electron chi connectivity index (χ2n) is 3.58. The molecule has 0 fully saturated rings. The molecule has 0 aromatic heterocycles. The smallest absolute Gasteiger partial charge is 0.310 e. The van der Waals surface area contributed by atoms with Gasteiger partial charge in [0, 0.05) is 11.4 Å². The SMILES string of the molecule is CCOC(=O)Cc1c(CBr)ccc([N+](=O)[O-])c1C#N. The topological polar surface area (TPSA) is 93.2 Å². The fourth-order valence-corrected chi connectivity index (χ4v) is 2.16. The van der Waals surface area contributed by atoms with Gasteiger partial charge in [-0.15, -0.1) is 0 Å². The van der Waals surface area contributed by atoms with Crippen molar-refractivity contribution >= 4 is 27.6 Å². The van der Waals surface area contributed by atoms with Gasteiger partial charge >= 0.3 is 5.97 Å². The molecule has 0 heterocycles. The number of ether oxygens (including phenoxy) is 1. The highest BCUT2D eigenvalue weighted by Crippen LogP contribution is 2.27. The Bertz CT molecular complexity index is 551. The first-order valence-corrected chi connectivity index (χ1v) is 6.58.